The summed E-state index contributed by atoms with van der Waals surface area (Å²) in [5.41, 5.74) is 2.92. The van der Waals surface area contributed by atoms with Crippen molar-refractivity contribution >= 4 is 51.7 Å². The van der Waals surface area contributed by atoms with Gasteiger partial charge in [-0.05, 0) is 37.7 Å². The van der Waals surface area contributed by atoms with E-state index in [4.69, 9.17) is 4.74 Å². The number of thioether (sulfide) groups is 2. The number of hydrogen-bond acceptors (Lipinski definition) is 8. The van der Waals surface area contributed by atoms with Crippen molar-refractivity contribution < 1.29 is 14.3 Å². The lowest BCUT2D eigenvalue weighted by Gasteiger charge is -2.18. The second kappa shape index (κ2) is 9.15. The summed E-state index contributed by atoms with van der Waals surface area (Å²) in [6, 6.07) is 0. The molecule has 2 N–H and O–H groups in total. The molecule has 1 atom stereocenters. The van der Waals surface area contributed by atoms with E-state index in [1.54, 1.807) is 18.7 Å². The number of carbonyl (C=O) groups is 2. The highest BCUT2D eigenvalue weighted by Gasteiger charge is 2.29. The number of fused-ring (bicyclic) bond motifs is 2. The largest absolute Gasteiger partial charge is 0.462 e. The Labute approximate surface area is 186 Å². The van der Waals surface area contributed by atoms with E-state index in [9.17, 15) is 14.4 Å². The molecule has 0 saturated heterocycles. The summed E-state index contributed by atoms with van der Waals surface area (Å²) in [7, 11) is 0. The molecule has 7 nitrogen and oxygen atoms in total. The summed E-state index contributed by atoms with van der Waals surface area (Å²) in [6.45, 7) is 4.26. The van der Waals surface area contributed by atoms with Crippen LogP contribution in [0.2, 0.25) is 0 Å². The number of nitrogens with zero attached hydrogens (tertiary/aromatic N) is 1. The minimum absolute atomic E-state index is 0.0934. The number of anilines is 1. The molecule has 1 unspecified atom stereocenters. The fraction of sp³-hybridized carbons (Fsp3) is 0.500. The highest BCUT2D eigenvalue weighted by molar-refractivity contribution is 7.99. The van der Waals surface area contributed by atoms with Crippen LogP contribution in [0.5, 0.6) is 0 Å². The zero-order valence-corrected chi connectivity index (χ0v) is 19.3. The number of aromatic amines is 1. The lowest BCUT2D eigenvalue weighted by atomic mass is 9.88. The summed E-state index contributed by atoms with van der Waals surface area (Å²) < 4.78 is 5.25. The first kappa shape index (κ1) is 21.5. The monoisotopic (exact) mass is 465 g/mol. The molecule has 30 heavy (non-hydrogen) atoms. The number of amides is 1. The second-order valence-corrected chi connectivity index (χ2v) is 10.5. The maximum Gasteiger partial charge on any atom is 0.341 e. The van der Waals surface area contributed by atoms with E-state index in [0.717, 1.165) is 46.7 Å². The molecule has 0 radical (unpaired) electrons. The van der Waals surface area contributed by atoms with Crippen LogP contribution in [0.1, 0.15) is 52.3 Å². The van der Waals surface area contributed by atoms with Gasteiger partial charge >= 0.3 is 5.97 Å². The van der Waals surface area contributed by atoms with Crippen molar-refractivity contribution in [3.8, 4) is 0 Å². The van der Waals surface area contributed by atoms with Crippen LogP contribution in [0.3, 0.4) is 0 Å². The molecule has 0 bridgehead atoms. The molecule has 0 saturated carbocycles. The molecule has 10 heteroatoms. The quantitative estimate of drug-likeness (QED) is 0.382. The number of aromatic nitrogens is 2. The average molecular weight is 466 g/mol. The van der Waals surface area contributed by atoms with Crippen LogP contribution in [0.25, 0.3) is 0 Å². The van der Waals surface area contributed by atoms with Gasteiger partial charge in [-0.15, -0.1) is 11.3 Å². The fourth-order valence-electron chi connectivity index (χ4n) is 3.66. The molecule has 0 fully saturated rings. The van der Waals surface area contributed by atoms with Gasteiger partial charge in [-0.2, -0.15) is 11.8 Å². The molecule has 1 aliphatic heterocycles. The van der Waals surface area contributed by atoms with Crippen molar-refractivity contribution in [1.29, 1.82) is 0 Å². The zero-order chi connectivity index (χ0) is 21.3. The Kier molecular flexibility index (Phi) is 6.54. The average Bonchev–Trinajstić information content (AvgIpc) is 3.30. The molecule has 3 heterocycles. The smallest absolute Gasteiger partial charge is 0.341 e. The minimum Gasteiger partial charge on any atom is -0.462 e. The highest BCUT2D eigenvalue weighted by Crippen LogP contribution is 2.40. The van der Waals surface area contributed by atoms with Crippen LogP contribution in [0.4, 0.5) is 5.00 Å². The normalized spacial score (nSPS) is 17.3. The molecule has 1 aliphatic carbocycles. The highest BCUT2D eigenvalue weighted by atomic mass is 32.2. The third-order valence-electron chi connectivity index (χ3n) is 5.15. The van der Waals surface area contributed by atoms with Gasteiger partial charge < -0.3 is 15.0 Å². The number of carbonyl (C=O) groups excluding carboxylic acids is 2. The Morgan fingerprint density at radius 1 is 1.33 bits per heavy atom. The number of nitrogens with one attached hydrogen (secondary N) is 2. The Bertz CT molecular complexity index is 1050. The Balaban J connectivity index is 1.48. The predicted octanol–water partition coefficient (Wildman–Crippen LogP) is 3.61. The first-order valence-electron chi connectivity index (χ1n) is 9.90. The Morgan fingerprint density at radius 3 is 2.97 bits per heavy atom. The molecular weight excluding hydrogens is 442 g/mol. The summed E-state index contributed by atoms with van der Waals surface area (Å²) in [4.78, 5) is 45.7. The van der Waals surface area contributed by atoms with Crippen molar-refractivity contribution in [2.24, 2.45) is 5.92 Å². The zero-order valence-electron chi connectivity index (χ0n) is 16.8. The maximum atomic E-state index is 12.6. The fourth-order valence-corrected chi connectivity index (χ4v) is 6.79. The first-order valence-corrected chi connectivity index (χ1v) is 12.9. The first-order chi connectivity index (χ1) is 14.5. The molecule has 2 aromatic rings. The van der Waals surface area contributed by atoms with E-state index < -0.39 is 0 Å². The number of rotatable bonds is 6. The third-order valence-corrected chi connectivity index (χ3v) is 8.16. The Hall–Kier alpha value is -1.78. The van der Waals surface area contributed by atoms with Crippen molar-refractivity contribution in [3.63, 3.8) is 0 Å². The van der Waals surface area contributed by atoms with Crippen molar-refractivity contribution in [2.45, 2.75) is 49.8 Å². The number of ether oxygens (including phenoxy) is 1. The van der Waals surface area contributed by atoms with Gasteiger partial charge in [-0.1, -0.05) is 18.7 Å². The lowest BCUT2D eigenvalue weighted by Crippen LogP contribution is -2.19. The second-order valence-electron chi connectivity index (χ2n) is 7.40. The van der Waals surface area contributed by atoms with E-state index in [2.05, 4.69) is 22.2 Å². The van der Waals surface area contributed by atoms with Gasteiger partial charge in [0.15, 0.2) is 5.16 Å². The summed E-state index contributed by atoms with van der Waals surface area (Å²) in [6.07, 6.45) is 2.76. The number of esters is 1. The SMILES string of the molecule is CCOC(=O)c1c(NC(=O)CSc2nc3c(c(=O)[nH]2)CSC3)sc2c1CCC(C)C2. The minimum atomic E-state index is -0.380. The summed E-state index contributed by atoms with van der Waals surface area (Å²) in [5.74, 6) is 1.44. The van der Waals surface area contributed by atoms with Gasteiger partial charge in [0.05, 0.1) is 23.6 Å². The maximum absolute atomic E-state index is 12.6. The number of H-pyrrole nitrogens is 1. The van der Waals surface area contributed by atoms with Crippen molar-refractivity contribution in [3.05, 3.63) is 37.6 Å². The predicted molar refractivity (Wildman–Crippen MR) is 121 cm³/mol. The van der Waals surface area contributed by atoms with Crippen molar-refractivity contribution in [2.75, 3.05) is 17.7 Å². The van der Waals surface area contributed by atoms with E-state index in [-0.39, 0.29) is 23.2 Å². The van der Waals surface area contributed by atoms with Gasteiger partial charge in [0, 0.05) is 21.9 Å². The van der Waals surface area contributed by atoms with E-state index in [1.807, 2.05) is 0 Å². The number of hydrogen-bond donors (Lipinski definition) is 2. The third kappa shape index (κ3) is 4.45. The molecule has 160 valence electrons. The molecule has 0 aromatic carbocycles. The molecule has 2 aliphatic rings. The molecule has 0 spiro atoms. The summed E-state index contributed by atoms with van der Waals surface area (Å²) in [5, 5.41) is 3.90. The van der Waals surface area contributed by atoms with Crippen LogP contribution in [0, 0.1) is 5.92 Å². The van der Waals surface area contributed by atoms with E-state index >= 15 is 0 Å². The molecule has 1 amide bonds. The molecular formula is C20H23N3O4S3. The molecule has 2 aromatic heterocycles. The summed E-state index contributed by atoms with van der Waals surface area (Å²) >= 11 is 4.32. The van der Waals surface area contributed by atoms with Crippen LogP contribution < -0.4 is 10.9 Å². The van der Waals surface area contributed by atoms with Gasteiger partial charge in [0.2, 0.25) is 5.91 Å². The Morgan fingerprint density at radius 2 is 2.17 bits per heavy atom. The van der Waals surface area contributed by atoms with Crippen LogP contribution in [0.15, 0.2) is 9.95 Å². The molecule has 4 rings (SSSR count). The lowest BCUT2D eigenvalue weighted by molar-refractivity contribution is -0.113. The van der Waals surface area contributed by atoms with Gasteiger partial charge in [-0.3, -0.25) is 9.59 Å². The van der Waals surface area contributed by atoms with Gasteiger partial charge in [-0.25, -0.2) is 9.78 Å². The number of thiophene rings is 1. The topological polar surface area (TPSA) is 101 Å². The van der Waals surface area contributed by atoms with Crippen LogP contribution in [-0.2, 0) is 33.9 Å². The van der Waals surface area contributed by atoms with E-state index in [0.29, 0.717) is 34.0 Å². The van der Waals surface area contributed by atoms with Crippen LogP contribution >= 0.6 is 34.9 Å². The van der Waals surface area contributed by atoms with Gasteiger partial charge in [0.25, 0.3) is 5.56 Å². The van der Waals surface area contributed by atoms with Crippen LogP contribution in [-0.4, -0.2) is 34.2 Å². The van der Waals surface area contributed by atoms with Gasteiger partial charge in [0.1, 0.15) is 5.00 Å². The van der Waals surface area contributed by atoms with E-state index in [1.165, 1.54) is 23.1 Å². The standard InChI is InChI=1S/C20H23N3O4S3/c1-3-27-19(26)16-11-5-4-10(2)6-14(11)30-18(16)22-15(24)9-29-20-21-13-8-28-7-12(13)17(25)23-20/h10H,3-9H2,1-2H3,(H,22,24)(H,21,23,25). The van der Waals surface area contributed by atoms with Crippen molar-refractivity contribution in [1.82, 2.24) is 9.97 Å².